The zero-order chi connectivity index (χ0) is 13.5. The van der Waals surface area contributed by atoms with Gasteiger partial charge in [-0.15, -0.1) is 0 Å². The minimum atomic E-state index is 1.10. The summed E-state index contributed by atoms with van der Waals surface area (Å²) in [5.41, 5.74) is 2.36. The summed E-state index contributed by atoms with van der Waals surface area (Å²) in [7, 11) is 2.16. The van der Waals surface area contributed by atoms with Crippen LogP contribution in [0.5, 0.6) is 0 Å². The molecule has 0 aliphatic carbocycles. The maximum absolute atomic E-state index is 3.94. The highest BCUT2D eigenvalue weighted by Gasteiger charge is 2.01. The molecule has 3 heteroatoms. The minimum Gasteiger partial charge on any atom is -0.375 e. The van der Waals surface area contributed by atoms with E-state index in [4.69, 9.17) is 0 Å². The summed E-state index contributed by atoms with van der Waals surface area (Å²) in [4.78, 5) is 6.26. The van der Waals surface area contributed by atoms with Crippen molar-refractivity contribution >= 4 is 5.69 Å². The Morgan fingerprint density at radius 2 is 1.95 bits per heavy atom. The van der Waals surface area contributed by atoms with Crippen molar-refractivity contribution in [1.82, 2.24) is 9.55 Å². The van der Waals surface area contributed by atoms with Crippen molar-refractivity contribution in [3.63, 3.8) is 0 Å². The first kappa shape index (κ1) is 13.7. The first-order valence-electron chi connectivity index (χ1n) is 7.04. The first-order chi connectivity index (χ1) is 9.31. The molecule has 0 fully saturated rings. The predicted octanol–water partition coefficient (Wildman–Crippen LogP) is 3.69. The lowest BCUT2D eigenvalue weighted by Gasteiger charge is -2.19. The van der Waals surface area contributed by atoms with Gasteiger partial charge in [-0.1, -0.05) is 26.2 Å². The van der Waals surface area contributed by atoms with Crippen molar-refractivity contribution in [3.8, 4) is 5.69 Å². The van der Waals surface area contributed by atoms with Gasteiger partial charge >= 0.3 is 0 Å². The fourth-order valence-corrected chi connectivity index (χ4v) is 2.15. The standard InChI is InChI=1S/C16H22N3/c1-3-4-5-6-12-18(2)15-7-9-16(10-8-15)19-13-11-17-14-19/h7-11,13H,3-6,12H2,1-2H3. The molecule has 1 heterocycles. The van der Waals surface area contributed by atoms with Crippen LogP contribution >= 0.6 is 0 Å². The van der Waals surface area contributed by atoms with Crippen molar-refractivity contribution < 1.29 is 0 Å². The molecule has 1 radical (unpaired) electrons. The van der Waals surface area contributed by atoms with Gasteiger partial charge in [0.15, 0.2) is 6.33 Å². The highest BCUT2D eigenvalue weighted by atomic mass is 15.1. The van der Waals surface area contributed by atoms with Gasteiger partial charge < -0.3 is 4.90 Å². The summed E-state index contributed by atoms with van der Waals surface area (Å²) in [6.45, 7) is 3.37. The number of hydrogen-bond acceptors (Lipinski definition) is 2. The Morgan fingerprint density at radius 1 is 1.16 bits per heavy atom. The smallest absolute Gasteiger partial charge is 0.181 e. The normalized spacial score (nSPS) is 10.6. The Bertz CT molecular complexity index is 459. The number of imidazole rings is 1. The number of aromatic nitrogens is 2. The highest BCUT2D eigenvalue weighted by molar-refractivity contribution is 5.50. The molecule has 0 N–H and O–H groups in total. The first-order valence-corrected chi connectivity index (χ1v) is 7.04. The van der Waals surface area contributed by atoms with Gasteiger partial charge in [-0.25, -0.2) is 4.98 Å². The molecular weight excluding hydrogens is 234 g/mol. The summed E-state index contributed by atoms with van der Waals surface area (Å²) in [5.74, 6) is 0. The largest absolute Gasteiger partial charge is 0.375 e. The second kappa shape index (κ2) is 6.98. The van der Waals surface area contributed by atoms with Crippen molar-refractivity contribution in [2.75, 3.05) is 18.5 Å². The van der Waals surface area contributed by atoms with Gasteiger partial charge in [0, 0.05) is 37.4 Å². The van der Waals surface area contributed by atoms with E-state index >= 15 is 0 Å². The molecule has 2 rings (SSSR count). The number of rotatable bonds is 7. The molecule has 1 aromatic carbocycles. The van der Waals surface area contributed by atoms with Crippen molar-refractivity contribution in [3.05, 3.63) is 43.0 Å². The fraction of sp³-hybridized carbons (Fsp3) is 0.438. The summed E-state index contributed by atoms with van der Waals surface area (Å²) < 4.78 is 1.89. The van der Waals surface area contributed by atoms with Gasteiger partial charge in [0.1, 0.15) is 0 Å². The lowest BCUT2D eigenvalue weighted by molar-refractivity contribution is 0.661. The summed E-state index contributed by atoms with van der Waals surface area (Å²) in [6.07, 6.45) is 11.8. The molecule has 0 saturated carbocycles. The van der Waals surface area contributed by atoms with E-state index in [0.29, 0.717) is 0 Å². The van der Waals surface area contributed by atoms with E-state index in [1.54, 1.807) is 6.20 Å². The van der Waals surface area contributed by atoms with E-state index in [-0.39, 0.29) is 0 Å². The van der Waals surface area contributed by atoms with E-state index in [1.807, 2.05) is 10.8 Å². The molecule has 0 saturated heterocycles. The second-order valence-electron chi connectivity index (χ2n) is 4.90. The lowest BCUT2D eigenvalue weighted by atomic mass is 10.2. The molecule has 19 heavy (non-hydrogen) atoms. The fourth-order valence-electron chi connectivity index (χ4n) is 2.15. The summed E-state index contributed by atoms with van der Waals surface area (Å²) in [5, 5.41) is 0. The Morgan fingerprint density at radius 3 is 2.58 bits per heavy atom. The summed E-state index contributed by atoms with van der Waals surface area (Å²) >= 11 is 0. The van der Waals surface area contributed by atoms with Crippen LogP contribution < -0.4 is 4.90 Å². The van der Waals surface area contributed by atoms with Gasteiger partial charge in [-0.2, -0.15) is 0 Å². The van der Waals surface area contributed by atoms with Crippen molar-refractivity contribution in [1.29, 1.82) is 0 Å². The number of nitrogens with zero attached hydrogens (tertiary/aromatic N) is 3. The lowest BCUT2D eigenvalue weighted by Crippen LogP contribution is -2.18. The summed E-state index contributed by atoms with van der Waals surface area (Å²) in [6, 6.07) is 8.53. The third-order valence-corrected chi connectivity index (χ3v) is 3.37. The van der Waals surface area contributed by atoms with E-state index in [0.717, 1.165) is 12.2 Å². The van der Waals surface area contributed by atoms with E-state index in [9.17, 15) is 0 Å². The zero-order valence-electron chi connectivity index (χ0n) is 11.8. The Kier molecular flexibility index (Phi) is 5.01. The van der Waals surface area contributed by atoms with Gasteiger partial charge in [0.05, 0.1) is 0 Å². The number of hydrogen-bond donors (Lipinski definition) is 0. The minimum absolute atomic E-state index is 1.10. The Hall–Kier alpha value is -1.77. The number of benzene rings is 1. The highest BCUT2D eigenvalue weighted by Crippen LogP contribution is 2.16. The molecule has 3 nitrogen and oxygen atoms in total. The van der Waals surface area contributed by atoms with Gasteiger partial charge in [-0.05, 0) is 30.7 Å². The van der Waals surface area contributed by atoms with Gasteiger partial charge in [0.25, 0.3) is 0 Å². The maximum Gasteiger partial charge on any atom is 0.181 e. The molecule has 0 unspecified atom stereocenters. The predicted molar refractivity (Wildman–Crippen MR) is 79.8 cm³/mol. The molecular formula is C16H22N3. The molecule has 2 aromatic rings. The van der Waals surface area contributed by atoms with Crippen LogP contribution in [0.3, 0.4) is 0 Å². The van der Waals surface area contributed by atoms with Crippen LogP contribution in [0.15, 0.2) is 36.7 Å². The monoisotopic (exact) mass is 256 g/mol. The zero-order valence-corrected chi connectivity index (χ0v) is 11.8. The third kappa shape index (κ3) is 3.85. The van der Waals surface area contributed by atoms with Crippen LogP contribution in [0.1, 0.15) is 32.6 Å². The number of anilines is 1. The molecule has 0 spiro atoms. The Balaban J connectivity index is 1.90. The molecule has 101 valence electrons. The van der Waals surface area contributed by atoms with E-state index in [2.05, 4.69) is 54.4 Å². The van der Waals surface area contributed by atoms with Crippen LogP contribution in [-0.4, -0.2) is 23.1 Å². The van der Waals surface area contributed by atoms with Crippen LogP contribution in [0.25, 0.3) is 5.69 Å². The quantitative estimate of drug-likeness (QED) is 0.704. The average Bonchev–Trinajstić information content (AvgIpc) is 2.98. The number of unbranched alkanes of at least 4 members (excludes halogenated alkanes) is 3. The second-order valence-corrected chi connectivity index (χ2v) is 4.90. The van der Waals surface area contributed by atoms with E-state index in [1.165, 1.54) is 31.4 Å². The van der Waals surface area contributed by atoms with E-state index < -0.39 is 0 Å². The molecule has 0 bridgehead atoms. The van der Waals surface area contributed by atoms with Gasteiger partial charge in [-0.3, -0.25) is 4.57 Å². The van der Waals surface area contributed by atoms with Crippen molar-refractivity contribution in [2.24, 2.45) is 0 Å². The van der Waals surface area contributed by atoms with Gasteiger partial charge in [0.2, 0.25) is 0 Å². The average molecular weight is 256 g/mol. The topological polar surface area (TPSA) is 21.1 Å². The van der Waals surface area contributed by atoms with Crippen LogP contribution in [0.4, 0.5) is 5.69 Å². The van der Waals surface area contributed by atoms with Crippen LogP contribution in [-0.2, 0) is 0 Å². The molecule has 0 aliphatic heterocycles. The van der Waals surface area contributed by atoms with Crippen LogP contribution in [0.2, 0.25) is 0 Å². The van der Waals surface area contributed by atoms with Crippen LogP contribution in [0, 0.1) is 6.33 Å². The SMILES string of the molecule is CCCCCCN(C)c1ccc(-n2[c]ncc2)cc1. The maximum atomic E-state index is 3.94. The van der Waals surface area contributed by atoms with Crippen molar-refractivity contribution in [2.45, 2.75) is 32.6 Å². The molecule has 0 amide bonds. The third-order valence-electron chi connectivity index (χ3n) is 3.37. The molecule has 0 atom stereocenters. The molecule has 1 aromatic heterocycles. The molecule has 0 aliphatic rings. The Labute approximate surface area is 115 Å².